The Hall–Kier alpha value is -3.70. The van der Waals surface area contributed by atoms with Gasteiger partial charge in [-0.15, -0.1) is 12.1 Å². The Kier molecular flexibility index (Phi) is 21.5. The Labute approximate surface area is 305 Å². The van der Waals surface area contributed by atoms with Gasteiger partial charge in [0.2, 0.25) is 0 Å². The molecule has 0 bridgehead atoms. The van der Waals surface area contributed by atoms with E-state index < -0.39 is 0 Å². The van der Waals surface area contributed by atoms with Gasteiger partial charge in [-0.2, -0.15) is 18.2 Å². The van der Waals surface area contributed by atoms with E-state index in [1.807, 2.05) is 77.7 Å². The van der Waals surface area contributed by atoms with Gasteiger partial charge in [0.05, 0.1) is 33.9 Å². The predicted molar refractivity (Wildman–Crippen MR) is 180 cm³/mol. The number of Topliss-reactive ketones (excluding diaryl/α,β-unsaturated/α-hetero) is 1. The zero-order chi connectivity index (χ0) is 32.1. The number of pyridine rings is 1. The molecule has 47 heavy (non-hydrogen) atoms. The number of carbonyl (C=O) groups excluding carboxylic acids is 2. The fourth-order valence-electron chi connectivity index (χ4n) is 4.35. The molecule has 2 aliphatic rings. The van der Waals surface area contributed by atoms with Gasteiger partial charge in [0.15, 0.2) is 11.6 Å². The molecule has 8 nitrogen and oxygen atoms in total. The molecule has 2 aliphatic heterocycles. The Morgan fingerprint density at radius 3 is 2.06 bits per heavy atom. The Morgan fingerprint density at radius 2 is 1.53 bits per heavy atom. The summed E-state index contributed by atoms with van der Waals surface area (Å²) in [5.74, 6) is 2.53. The normalized spacial score (nSPS) is 14.1. The van der Waals surface area contributed by atoms with Gasteiger partial charge < -0.3 is 40.8 Å². The van der Waals surface area contributed by atoms with Crippen LogP contribution in [0.4, 0.5) is 0 Å². The molecule has 0 saturated carbocycles. The molecule has 1 atom stereocenters. The van der Waals surface area contributed by atoms with Crippen molar-refractivity contribution < 1.29 is 45.5 Å². The molecule has 0 aliphatic carbocycles. The monoisotopic (exact) mass is 712 g/mol. The number of hydrogen-bond donors (Lipinski definition) is 0. The number of allylic oxidation sites excluding steroid dienone is 1. The number of methoxy groups -OCH3 is 3. The van der Waals surface area contributed by atoms with Crippen molar-refractivity contribution in [2.75, 3.05) is 41.1 Å². The third-order valence-electron chi connectivity index (χ3n) is 6.77. The number of hydrogen-bond acceptors (Lipinski definition) is 8. The van der Waals surface area contributed by atoms with E-state index in [0.717, 1.165) is 36.0 Å². The minimum Gasteiger partial charge on any atom is -1.00 e. The molecule has 3 heterocycles. The first-order valence-corrected chi connectivity index (χ1v) is 14.7. The summed E-state index contributed by atoms with van der Waals surface area (Å²) in [5.41, 5.74) is 1.64. The van der Waals surface area contributed by atoms with Crippen LogP contribution in [-0.2, 0) is 9.53 Å². The molecule has 4 aromatic rings. The van der Waals surface area contributed by atoms with Crippen molar-refractivity contribution in [3.63, 3.8) is 0 Å². The number of ketones is 2. The van der Waals surface area contributed by atoms with Crippen LogP contribution in [0, 0.1) is 6.07 Å². The van der Waals surface area contributed by atoms with Gasteiger partial charge >= 0.3 is 23.1 Å². The number of aromatic nitrogens is 1. The summed E-state index contributed by atoms with van der Waals surface area (Å²) in [5, 5.41) is 0. The van der Waals surface area contributed by atoms with Crippen molar-refractivity contribution in [3.8, 4) is 17.2 Å². The molecule has 3 aromatic carbocycles. The fourth-order valence-corrected chi connectivity index (χ4v) is 4.35. The van der Waals surface area contributed by atoms with Gasteiger partial charge in [0.25, 0.3) is 0 Å². The van der Waals surface area contributed by atoms with E-state index in [1.165, 1.54) is 18.9 Å². The van der Waals surface area contributed by atoms with Gasteiger partial charge in [-0.25, -0.2) is 0 Å². The van der Waals surface area contributed by atoms with Crippen LogP contribution in [0.5, 0.6) is 17.2 Å². The molecule has 1 unspecified atom stereocenters. The standard InChI is InChI=1S/C20H19NO3.C7H7O.C6H7NO.C4H8O.BrH.Mg/c1-24-18-9-5-8-16(12-18)19-13-17(22)10-11-21(19)14-20(23)15-6-3-2-4-7-15;1-8-7-5-3-2-4-6-7;1-8-6-2-4-7-5-3-6;1-2-4-5-3-1;;/h2-12,19H,13-14H2,1H3;2-3,5-6H,1H3;2-5H,1H3;1-4H2;1H;/q;-1;;;;+2/p-1. The van der Waals surface area contributed by atoms with Crippen molar-refractivity contribution >= 4 is 34.6 Å². The third kappa shape index (κ3) is 15.6. The third-order valence-corrected chi connectivity index (χ3v) is 6.77. The van der Waals surface area contributed by atoms with Crippen LogP contribution in [0.1, 0.15) is 41.2 Å². The Bertz CT molecular complexity index is 1390. The molecule has 0 amide bonds. The van der Waals surface area contributed by atoms with Crippen LogP contribution in [-0.4, -0.2) is 85.6 Å². The van der Waals surface area contributed by atoms with Gasteiger partial charge in [-0.05, 0) is 48.7 Å². The van der Waals surface area contributed by atoms with E-state index in [0.29, 0.717) is 12.0 Å². The maximum atomic E-state index is 12.5. The molecule has 1 saturated heterocycles. The first kappa shape index (κ1) is 41.3. The SMILES string of the molecule is C1CCOC1.COc1c[c-]ccc1.COc1cccc(C2CC(=O)C=CN2CC(=O)c2ccccc2)c1.COc1ccncc1.[Br-].[Mg+2]. The average molecular weight is 714 g/mol. The van der Waals surface area contributed by atoms with E-state index in [1.54, 1.807) is 58.1 Å². The molecule has 1 fully saturated rings. The Morgan fingerprint density at radius 1 is 0.872 bits per heavy atom. The van der Waals surface area contributed by atoms with Gasteiger partial charge in [0.1, 0.15) is 11.5 Å². The van der Waals surface area contributed by atoms with Gasteiger partial charge in [-0.1, -0.05) is 42.5 Å². The summed E-state index contributed by atoms with van der Waals surface area (Å²) in [7, 11) is 4.89. The Balaban J connectivity index is 0.000000390. The first-order valence-electron chi connectivity index (χ1n) is 14.7. The molecule has 0 radical (unpaired) electrons. The summed E-state index contributed by atoms with van der Waals surface area (Å²) in [6.07, 6.45) is 9.55. The smallest absolute Gasteiger partial charge is 1.00 e. The molecular weight excluding hydrogens is 673 g/mol. The van der Waals surface area contributed by atoms with Crippen molar-refractivity contribution in [2.45, 2.75) is 25.3 Å². The summed E-state index contributed by atoms with van der Waals surface area (Å²) in [6.45, 7) is 2.23. The largest absolute Gasteiger partial charge is 2.00 e. The van der Waals surface area contributed by atoms with E-state index in [4.69, 9.17) is 18.9 Å². The van der Waals surface area contributed by atoms with Crippen molar-refractivity contribution in [2.24, 2.45) is 0 Å². The van der Waals surface area contributed by atoms with Crippen LogP contribution >= 0.6 is 0 Å². The second kappa shape index (κ2) is 24.5. The minimum atomic E-state index is -0.162. The fraction of sp³-hybridized carbons (Fsp3) is 0.270. The quantitative estimate of drug-likeness (QED) is 0.164. The maximum absolute atomic E-state index is 12.5. The number of benzene rings is 3. The number of nitrogens with zero attached hydrogens (tertiary/aromatic N) is 2. The average Bonchev–Trinajstić information content (AvgIpc) is 3.71. The summed E-state index contributed by atoms with van der Waals surface area (Å²) in [4.78, 5) is 30.1. The molecule has 10 heteroatoms. The molecule has 0 N–H and O–H groups in total. The molecule has 244 valence electrons. The van der Waals surface area contributed by atoms with Gasteiger partial charge in [0, 0.05) is 49.5 Å². The van der Waals surface area contributed by atoms with E-state index in [2.05, 4.69) is 11.1 Å². The van der Waals surface area contributed by atoms with Crippen LogP contribution in [0.3, 0.4) is 0 Å². The van der Waals surface area contributed by atoms with Crippen molar-refractivity contribution in [3.05, 3.63) is 133 Å². The zero-order valence-electron chi connectivity index (χ0n) is 27.2. The van der Waals surface area contributed by atoms with E-state index in [-0.39, 0.29) is 64.2 Å². The van der Waals surface area contributed by atoms with Crippen LogP contribution < -0.4 is 31.2 Å². The second-order valence-electron chi connectivity index (χ2n) is 9.89. The number of rotatable bonds is 7. The second-order valence-corrected chi connectivity index (χ2v) is 9.89. The summed E-state index contributed by atoms with van der Waals surface area (Å²) >= 11 is 0. The van der Waals surface area contributed by atoms with Crippen molar-refractivity contribution in [1.29, 1.82) is 0 Å². The molecule has 0 spiro atoms. The molecule has 6 rings (SSSR count). The first-order chi connectivity index (χ1) is 22.0. The topological polar surface area (TPSA) is 87.2 Å². The maximum Gasteiger partial charge on any atom is 2.00 e. The van der Waals surface area contributed by atoms with Crippen LogP contribution in [0.25, 0.3) is 0 Å². The van der Waals surface area contributed by atoms with E-state index >= 15 is 0 Å². The van der Waals surface area contributed by atoms with Gasteiger partial charge in [-0.3, -0.25) is 14.6 Å². The summed E-state index contributed by atoms with van der Waals surface area (Å²) < 4.78 is 20.0. The zero-order valence-corrected chi connectivity index (χ0v) is 30.2. The summed E-state index contributed by atoms with van der Waals surface area (Å²) in [6, 6.07) is 30.6. The van der Waals surface area contributed by atoms with E-state index in [9.17, 15) is 9.59 Å². The predicted octanol–water partition coefficient (Wildman–Crippen LogP) is 3.41. The number of halogens is 1. The van der Waals surface area contributed by atoms with Crippen molar-refractivity contribution in [1.82, 2.24) is 9.88 Å². The molecular formula is C37H41BrMgN2O6. The number of carbonyl (C=O) groups is 2. The minimum absolute atomic E-state index is 0. The van der Waals surface area contributed by atoms with Crippen LogP contribution in [0.2, 0.25) is 0 Å². The molecule has 1 aromatic heterocycles. The number of ether oxygens (including phenoxy) is 4. The van der Waals surface area contributed by atoms with Crippen LogP contribution in [0.15, 0.2) is 116 Å².